The van der Waals surface area contributed by atoms with Crippen molar-refractivity contribution in [3.63, 3.8) is 0 Å². The summed E-state index contributed by atoms with van der Waals surface area (Å²) in [6.07, 6.45) is -13.2. The number of aliphatic hydroxyl groups is 4. The zero-order chi connectivity index (χ0) is 30.6. The molecule has 3 aliphatic heterocycles. The number of benzene rings is 1. The summed E-state index contributed by atoms with van der Waals surface area (Å²) in [7, 11) is 0.204. The molecule has 1 amide bonds. The fourth-order valence-corrected chi connectivity index (χ4v) is 5.04. The number of nitrogens with one attached hydrogen (secondary N) is 1. The number of aliphatic carboxylic acids is 1. The molecule has 16 nitrogen and oxygen atoms in total. The van der Waals surface area contributed by atoms with E-state index in [4.69, 9.17) is 33.1 Å². The van der Waals surface area contributed by atoms with Crippen LogP contribution in [0.1, 0.15) is 12.5 Å². The van der Waals surface area contributed by atoms with Gasteiger partial charge in [-0.2, -0.15) is 0 Å². The Hall–Kier alpha value is -2.26. The van der Waals surface area contributed by atoms with Crippen LogP contribution in [0.15, 0.2) is 18.2 Å². The zero-order valence-corrected chi connectivity index (χ0v) is 22.9. The minimum Gasteiger partial charge on any atom is -0.548 e. The first kappa shape index (κ1) is 32.7. The molecule has 4 rings (SSSR count). The lowest BCUT2D eigenvalue weighted by molar-refractivity contribution is -0.345. The Balaban J connectivity index is 1.36. The van der Waals surface area contributed by atoms with Gasteiger partial charge in [-0.3, -0.25) is 4.79 Å². The number of carbonyl (C=O) groups is 2. The highest BCUT2D eigenvalue weighted by molar-refractivity contribution is 6.61. The maximum absolute atomic E-state index is 12.5. The van der Waals surface area contributed by atoms with E-state index in [-0.39, 0.29) is 19.8 Å². The average Bonchev–Trinajstić information content (AvgIpc) is 3.31. The summed E-state index contributed by atoms with van der Waals surface area (Å²) in [6.45, 7) is -0.0741. The van der Waals surface area contributed by atoms with Crippen molar-refractivity contribution in [2.75, 3.05) is 38.9 Å². The van der Waals surface area contributed by atoms with Crippen molar-refractivity contribution in [1.82, 2.24) is 0 Å². The average molecular weight is 600 g/mol. The van der Waals surface area contributed by atoms with E-state index < -0.39 is 93.4 Å². The normalized spacial score (nSPS) is 34.7. The van der Waals surface area contributed by atoms with E-state index in [1.165, 1.54) is 14.0 Å². The molecule has 234 valence electrons. The lowest BCUT2D eigenvalue weighted by atomic mass is 9.79. The molecule has 3 heterocycles. The number of rotatable bonds is 12. The molecular formula is C25H35BNO15-. The molecule has 0 aliphatic carbocycles. The number of hydrogen-bond acceptors (Lipinski definition) is 15. The van der Waals surface area contributed by atoms with Gasteiger partial charge in [-0.05, 0) is 30.1 Å². The Morgan fingerprint density at radius 1 is 1.00 bits per heavy atom. The van der Waals surface area contributed by atoms with E-state index in [1.807, 2.05) is 0 Å². The number of ether oxygens (including phenoxy) is 6. The summed E-state index contributed by atoms with van der Waals surface area (Å²) in [4.78, 5) is 23.2. The van der Waals surface area contributed by atoms with E-state index in [0.29, 0.717) is 11.2 Å². The largest absolute Gasteiger partial charge is 0.548 e. The van der Waals surface area contributed by atoms with Crippen LogP contribution in [0.2, 0.25) is 0 Å². The highest BCUT2D eigenvalue weighted by Gasteiger charge is 2.50. The molecule has 1 aromatic carbocycles. The van der Waals surface area contributed by atoms with Crippen LogP contribution < -0.4 is 15.9 Å². The lowest BCUT2D eigenvalue weighted by Gasteiger charge is -2.46. The monoisotopic (exact) mass is 600 g/mol. The summed E-state index contributed by atoms with van der Waals surface area (Å²) in [5.41, 5.74) is 1.78. The fourth-order valence-electron chi connectivity index (χ4n) is 5.04. The number of carboxylic acids is 1. The van der Waals surface area contributed by atoms with Gasteiger partial charge in [0.05, 0.1) is 38.5 Å². The highest BCUT2D eigenvalue weighted by atomic mass is 16.7. The predicted octanol–water partition coefficient (Wildman–Crippen LogP) is -5.02. The second-order valence-electron chi connectivity index (χ2n) is 10.2. The molecule has 17 heteroatoms. The summed E-state index contributed by atoms with van der Waals surface area (Å²) in [6, 6.07) is 4.97. The Morgan fingerprint density at radius 2 is 1.67 bits per heavy atom. The second kappa shape index (κ2) is 14.5. The molecule has 10 atom stereocenters. The minimum atomic E-state index is -1.68. The van der Waals surface area contributed by atoms with Gasteiger partial charge in [0.1, 0.15) is 55.4 Å². The number of carboxylic acid groups (broad SMARTS) is 1. The first-order valence-corrected chi connectivity index (χ1v) is 13.3. The standard InChI is InChI=1S/C25H36BNO15/c1-11-19(31)20(32)24(16(40-11)8-38-10-18(29)30)42-25-22(34)21(33)23(36-2)15(41-25)7-37-9-17(28)27-13-4-3-12-6-39-26(35)14(12)5-13/h3-5,11,15-16,19-25,31-35H,6-10H2,1-2H3,(H,27,28)(H,29,30)/p-1. The molecular weight excluding hydrogens is 565 g/mol. The molecule has 42 heavy (non-hydrogen) atoms. The molecule has 0 spiro atoms. The van der Waals surface area contributed by atoms with E-state index in [1.54, 1.807) is 18.2 Å². The second-order valence-corrected chi connectivity index (χ2v) is 10.2. The Bertz CT molecular complexity index is 1080. The van der Waals surface area contributed by atoms with Crippen LogP contribution in [0, 0.1) is 0 Å². The highest BCUT2D eigenvalue weighted by Crippen LogP contribution is 2.30. The van der Waals surface area contributed by atoms with Crippen molar-refractivity contribution >= 4 is 30.1 Å². The summed E-state index contributed by atoms with van der Waals surface area (Å²) < 4.78 is 38.1. The predicted molar refractivity (Wildman–Crippen MR) is 137 cm³/mol. The van der Waals surface area contributed by atoms with E-state index >= 15 is 0 Å². The van der Waals surface area contributed by atoms with Gasteiger partial charge < -0.3 is 73.7 Å². The molecule has 0 bridgehead atoms. The van der Waals surface area contributed by atoms with E-state index in [2.05, 4.69) is 5.32 Å². The van der Waals surface area contributed by atoms with Gasteiger partial charge in [0.2, 0.25) is 5.91 Å². The molecule has 1 aromatic rings. The zero-order valence-electron chi connectivity index (χ0n) is 22.9. The third kappa shape index (κ3) is 7.63. The molecule has 2 saturated heterocycles. The van der Waals surface area contributed by atoms with Crippen molar-refractivity contribution in [3.8, 4) is 0 Å². The van der Waals surface area contributed by atoms with Gasteiger partial charge in [-0.1, -0.05) is 6.07 Å². The molecule has 2 fully saturated rings. The number of hydrogen-bond donors (Lipinski definition) is 6. The van der Waals surface area contributed by atoms with Crippen LogP contribution in [0.5, 0.6) is 0 Å². The maximum atomic E-state index is 12.5. The van der Waals surface area contributed by atoms with Crippen molar-refractivity contribution < 1.29 is 73.2 Å². The lowest BCUT2D eigenvalue weighted by Crippen LogP contribution is -2.64. The quantitative estimate of drug-likeness (QED) is 0.123. The topological polar surface area (TPSA) is 235 Å². The molecule has 3 aliphatic rings. The number of methoxy groups -OCH3 is 1. The molecule has 6 N–H and O–H groups in total. The summed E-state index contributed by atoms with van der Waals surface area (Å²) >= 11 is 0. The van der Waals surface area contributed by atoms with Crippen molar-refractivity contribution in [3.05, 3.63) is 23.8 Å². The van der Waals surface area contributed by atoms with Crippen molar-refractivity contribution in [2.45, 2.75) is 74.8 Å². The number of aliphatic hydroxyl groups excluding tert-OH is 4. The third-order valence-electron chi connectivity index (χ3n) is 7.24. The smallest absolute Gasteiger partial charge is 0.491 e. The van der Waals surface area contributed by atoms with E-state index in [0.717, 1.165) is 5.56 Å². The van der Waals surface area contributed by atoms with Crippen LogP contribution in [-0.4, -0.2) is 139 Å². The maximum Gasteiger partial charge on any atom is 0.491 e. The first-order valence-electron chi connectivity index (χ1n) is 13.3. The van der Waals surface area contributed by atoms with Crippen LogP contribution >= 0.6 is 0 Å². The summed E-state index contributed by atoms with van der Waals surface area (Å²) in [5.74, 6) is -2.00. The molecule has 10 unspecified atom stereocenters. The Labute approximate surface area is 241 Å². The fraction of sp³-hybridized carbons (Fsp3) is 0.680. The van der Waals surface area contributed by atoms with Gasteiger partial charge >= 0.3 is 7.12 Å². The van der Waals surface area contributed by atoms with Crippen LogP contribution in [-0.2, 0) is 49.3 Å². The number of fused-ring (bicyclic) bond motifs is 1. The Morgan fingerprint density at radius 3 is 2.36 bits per heavy atom. The molecule has 0 saturated carbocycles. The van der Waals surface area contributed by atoms with Gasteiger partial charge in [0.25, 0.3) is 0 Å². The molecule has 0 radical (unpaired) electrons. The minimum absolute atomic E-state index is 0.268. The number of anilines is 1. The summed E-state index contributed by atoms with van der Waals surface area (Å²) in [5, 5.41) is 65.6. The first-order chi connectivity index (χ1) is 20.0. The van der Waals surface area contributed by atoms with Gasteiger partial charge in [0.15, 0.2) is 6.29 Å². The van der Waals surface area contributed by atoms with E-state index in [9.17, 15) is 40.1 Å². The van der Waals surface area contributed by atoms with Crippen LogP contribution in [0.3, 0.4) is 0 Å². The number of carbonyl (C=O) groups excluding carboxylic acids is 2. The SMILES string of the molecule is COC1C(COCC(=O)Nc2ccc3c(c2)B(O)OC3)OC(OC2C(COCC(=O)[O-])OC(C)C(O)C2O)C(O)C1O. The van der Waals surface area contributed by atoms with Crippen LogP contribution in [0.4, 0.5) is 5.69 Å². The van der Waals surface area contributed by atoms with Crippen molar-refractivity contribution in [1.29, 1.82) is 0 Å². The van der Waals surface area contributed by atoms with Crippen LogP contribution in [0.25, 0.3) is 0 Å². The molecule has 0 aromatic heterocycles. The number of amides is 1. The third-order valence-corrected chi connectivity index (χ3v) is 7.24. The van der Waals surface area contributed by atoms with Crippen molar-refractivity contribution in [2.24, 2.45) is 0 Å². The van der Waals surface area contributed by atoms with Gasteiger partial charge in [-0.25, -0.2) is 0 Å². The van der Waals surface area contributed by atoms with Gasteiger partial charge in [-0.15, -0.1) is 0 Å². The van der Waals surface area contributed by atoms with Gasteiger partial charge in [0, 0.05) is 12.8 Å². The Kier molecular flexibility index (Phi) is 11.3.